The molecule has 0 aliphatic carbocycles. The highest BCUT2D eigenvalue weighted by atomic mass is 19.4. The third-order valence-electron chi connectivity index (χ3n) is 2.62. The Morgan fingerprint density at radius 3 is 2.57 bits per heavy atom. The van der Waals surface area contributed by atoms with E-state index in [0.29, 0.717) is 0 Å². The fraction of sp³-hybridized carbons (Fsp3) is 0.500. The minimum atomic E-state index is -4.49. The maximum absolute atomic E-state index is 12.5. The number of nitrogens with zero attached hydrogens (tertiary/aromatic N) is 1. The lowest BCUT2D eigenvalue weighted by Gasteiger charge is -2.16. The predicted molar refractivity (Wildman–Crippen MR) is 71.7 cm³/mol. The van der Waals surface area contributed by atoms with Crippen LogP contribution in [0.2, 0.25) is 0 Å². The van der Waals surface area contributed by atoms with Gasteiger partial charge in [0.1, 0.15) is 6.07 Å². The Balaban J connectivity index is 2.70. The number of halogens is 3. The van der Waals surface area contributed by atoms with Crippen LogP contribution in [0.25, 0.3) is 0 Å². The number of aliphatic hydroxyl groups is 1. The second-order valence-corrected chi connectivity index (χ2v) is 4.79. The molecule has 21 heavy (non-hydrogen) atoms. The SMILES string of the molecule is CC(C)OCC(O)CNc1ccc(C(F)(F)F)cc1C#N. The van der Waals surface area contributed by atoms with E-state index >= 15 is 0 Å². The van der Waals surface area contributed by atoms with Crippen LogP contribution in [0.4, 0.5) is 18.9 Å². The summed E-state index contributed by atoms with van der Waals surface area (Å²) in [6.07, 6.45) is -5.34. The van der Waals surface area contributed by atoms with Gasteiger partial charge in [0.15, 0.2) is 0 Å². The van der Waals surface area contributed by atoms with Gasteiger partial charge in [-0.15, -0.1) is 0 Å². The molecule has 1 aromatic carbocycles. The van der Waals surface area contributed by atoms with Crippen molar-refractivity contribution in [2.24, 2.45) is 0 Å². The van der Waals surface area contributed by atoms with Gasteiger partial charge in [0.25, 0.3) is 0 Å². The van der Waals surface area contributed by atoms with Crippen molar-refractivity contribution in [3.63, 3.8) is 0 Å². The highest BCUT2D eigenvalue weighted by Gasteiger charge is 2.31. The zero-order valence-corrected chi connectivity index (χ0v) is 11.7. The Hall–Kier alpha value is -1.78. The van der Waals surface area contributed by atoms with E-state index in [1.165, 1.54) is 6.07 Å². The molecule has 0 amide bonds. The van der Waals surface area contributed by atoms with Crippen LogP contribution in [0.3, 0.4) is 0 Å². The van der Waals surface area contributed by atoms with Crippen molar-refractivity contribution in [3.8, 4) is 6.07 Å². The number of nitriles is 1. The first-order valence-electron chi connectivity index (χ1n) is 6.39. The minimum absolute atomic E-state index is 0.0274. The van der Waals surface area contributed by atoms with E-state index in [4.69, 9.17) is 10.00 Å². The number of aliphatic hydroxyl groups excluding tert-OH is 1. The third-order valence-corrected chi connectivity index (χ3v) is 2.62. The van der Waals surface area contributed by atoms with Crippen LogP contribution < -0.4 is 5.32 Å². The van der Waals surface area contributed by atoms with E-state index in [0.717, 1.165) is 12.1 Å². The van der Waals surface area contributed by atoms with Gasteiger partial charge in [-0.1, -0.05) is 0 Å². The molecule has 0 fully saturated rings. The van der Waals surface area contributed by atoms with Crippen molar-refractivity contribution in [3.05, 3.63) is 29.3 Å². The summed E-state index contributed by atoms with van der Waals surface area (Å²) in [7, 11) is 0. The maximum atomic E-state index is 12.5. The maximum Gasteiger partial charge on any atom is 0.416 e. The topological polar surface area (TPSA) is 65.3 Å². The molecule has 0 saturated heterocycles. The molecule has 1 rings (SSSR count). The molecule has 0 aromatic heterocycles. The van der Waals surface area contributed by atoms with Crippen LogP contribution in [-0.4, -0.2) is 30.5 Å². The molecule has 1 aromatic rings. The Morgan fingerprint density at radius 1 is 1.38 bits per heavy atom. The molecule has 4 nitrogen and oxygen atoms in total. The standard InChI is InChI=1S/C14H17F3N2O2/c1-9(2)21-8-12(20)7-19-13-4-3-11(14(15,16)17)5-10(13)6-18/h3-5,9,12,19-20H,7-8H2,1-2H3. The minimum Gasteiger partial charge on any atom is -0.389 e. The summed E-state index contributed by atoms with van der Waals surface area (Å²) >= 11 is 0. The van der Waals surface area contributed by atoms with Crippen LogP contribution >= 0.6 is 0 Å². The Labute approximate surface area is 121 Å². The number of anilines is 1. The Morgan fingerprint density at radius 2 is 2.05 bits per heavy atom. The lowest BCUT2D eigenvalue weighted by Crippen LogP contribution is -2.26. The fourth-order valence-electron chi connectivity index (χ4n) is 1.56. The summed E-state index contributed by atoms with van der Waals surface area (Å²) in [6, 6.07) is 4.55. The lowest BCUT2D eigenvalue weighted by atomic mass is 10.1. The fourth-order valence-corrected chi connectivity index (χ4v) is 1.56. The van der Waals surface area contributed by atoms with Gasteiger partial charge in [-0.05, 0) is 32.0 Å². The molecule has 0 aliphatic rings. The number of hydrogen-bond acceptors (Lipinski definition) is 4. The number of rotatable bonds is 6. The molecule has 116 valence electrons. The van der Waals surface area contributed by atoms with Crippen LogP contribution in [0.1, 0.15) is 25.0 Å². The van der Waals surface area contributed by atoms with E-state index in [1.54, 1.807) is 6.07 Å². The second-order valence-electron chi connectivity index (χ2n) is 4.79. The van der Waals surface area contributed by atoms with E-state index in [1.807, 2.05) is 13.8 Å². The van der Waals surface area contributed by atoms with Crippen LogP contribution in [-0.2, 0) is 10.9 Å². The molecule has 0 radical (unpaired) electrons. The molecule has 0 aliphatic heterocycles. The lowest BCUT2D eigenvalue weighted by molar-refractivity contribution is -0.137. The first-order valence-corrected chi connectivity index (χ1v) is 6.39. The zero-order valence-electron chi connectivity index (χ0n) is 11.7. The van der Waals surface area contributed by atoms with Gasteiger partial charge in [-0.25, -0.2) is 0 Å². The summed E-state index contributed by atoms with van der Waals surface area (Å²) in [4.78, 5) is 0. The van der Waals surface area contributed by atoms with Gasteiger partial charge in [0.2, 0.25) is 0 Å². The molecule has 0 bridgehead atoms. The van der Waals surface area contributed by atoms with Gasteiger partial charge in [-0.3, -0.25) is 0 Å². The van der Waals surface area contributed by atoms with Crippen molar-refractivity contribution in [1.29, 1.82) is 5.26 Å². The first-order chi connectivity index (χ1) is 9.74. The van der Waals surface area contributed by atoms with E-state index in [9.17, 15) is 18.3 Å². The van der Waals surface area contributed by atoms with Gasteiger partial charge < -0.3 is 15.2 Å². The number of hydrogen-bond donors (Lipinski definition) is 2. The molecule has 1 atom stereocenters. The average molecular weight is 302 g/mol. The van der Waals surface area contributed by atoms with Crippen molar-refractivity contribution in [2.45, 2.75) is 32.2 Å². The summed E-state index contributed by atoms with van der Waals surface area (Å²) in [5.41, 5.74) is -0.760. The highest BCUT2D eigenvalue weighted by Crippen LogP contribution is 2.31. The normalized spacial score (nSPS) is 13.0. The van der Waals surface area contributed by atoms with Crippen molar-refractivity contribution in [2.75, 3.05) is 18.5 Å². The first kappa shape index (κ1) is 17.3. The number of nitrogens with one attached hydrogen (secondary N) is 1. The summed E-state index contributed by atoms with van der Waals surface area (Å²) < 4.78 is 42.8. The van der Waals surface area contributed by atoms with Gasteiger partial charge in [0.05, 0.1) is 35.6 Å². The van der Waals surface area contributed by atoms with Crippen molar-refractivity contribution in [1.82, 2.24) is 0 Å². The molecular weight excluding hydrogens is 285 g/mol. The monoisotopic (exact) mass is 302 g/mol. The largest absolute Gasteiger partial charge is 0.416 e. The summed E-state index contributed by atoms with van der Waals surface area (Å²) in [5, 5.41) is 21.3. The molecule has 1 unspecified atom stereocenters. The van der Waals surface area contributed by atoms with E-state index in [-0.39, 0.29) is 30.5 Å². The molecule has 7 heteroatoms. The molecular formula is C14H17F3N2O2. The molecule has 2 N–H and O–H groups in total. The summed E-state index contributed by atoms with van der Waals surface area (Å²) in [5.74, 6) is 0. The molecule has 0 heterocycles. The Bertz CT molecular complexity index is 510. The smallest absolute Gasteiger partial charge is 0.389 e. The highest BCUT2D eigenvalue weighted by molar-refractivity contribution is 5.59. The average Bonchev–Trinajstić information content (AvgIpc) is 2.41. The number of benzene rings is 1. The van der Waals surface area contributed by atoms with Gasteiger partial charge in [-0.2, -0.15) is 18.4 Å². The van der Waals surface area contributed by atoms with Gasteiger partial charge in [0, 0.05) is 6.54 Å². The van der Waals surface area contributed by atoms with Crippen LogP contribution in [0, 0.1) is 11.3 Å². The van der Waals surface area contributed by atoms with Crippen LogP contribution in [0.5, 0.6) is 0 Å². The molecule has 0 saturated carbocycles. The molecule has 0 spiro atoms. The van der Waals surface area contributed by atoms with Crippen molar-refractivity contribution >= 4 is 5.69 Å². The zero-order chi connectivity index (χ0) is 16.0. The quantitative estimate of drug-likeness (QED) is 0.848. The second kappa shape index (κ2) is 7.29. The number of ether oxygens (including phenoxy) is 1. The van der Waals surface area contributed by atoms with E-state index < -0.39 is 17.8 Å². The van der Waals surface area contributed by atoms with E-state index in [2.05, 4.69) is 5.32 Å². The van der Waals surface area contributed by atoms with Crippen LogP contribution in [0.15, 0.2) is 18.2 Å². The Kier molecular flexibility index (Phi) is 6.00. The third kappa shape index (κ3) is 5.61. The number of alkyl halides is 3. The summed E-state index contributed by atoms with van der Waals surface area (Å²) in [6.45, 7) is 3.83. The predicted octanol–water partition coefficient (Wildman–Crippen LogP) is 2.77. The van der Waals surface area contributed by atoms with Crippen molar-refractivity contribution < 1.29 is 23.0 Å². The van der Waals surface area contributed by atoms with Gasteiger partial charge >= 0.3 is 6.18 Å².